The van der Waals surface area contributed by atoms with Gasteiger partial charge in [-0.05, 0) is 177 Å². The fraction of sp³-hybridized carbons (Fsp3) is 0.0976. The van der Waals surface area contributed by atoms with Crippen LogP contribution in [-0.2, 0) is 0 Å². The van der Waals surface area contributed by atoms with Gasteiger partial charge in [-0.25, -0.2) is 0 Å². The molecule has 85 heavy (non-hydrogen) atoms. The second-order valence-electron chi connectivity index (χ2n) is 22.1. The molecule has 10 aromatic carbocycles. The molecule has 0 radical (unpaired) electrons. The van der Waals surface area contributed by atoms with E-state index in [4.69, 9.17) is 0 Å². The Morgan fingerprint density at radius 1 is 0.412 bits per heavy atom. The van der Waals surface area contributed by atoms with Gasteiger partial charge in [-0.3, -0.25) is 0 Å². The zero-order valence-corrected chi connectivity index (χ0v) is 48.8. The van der Waals surface area contributed by atoms with Gasteiger partial charge in [0, 0.05) is 40.3 Å². The van der Waals surface area contributed by atoms with Crippen LogP contribution >= 0.6 is 0 Å². The lowest BCUT2D eigenvalue weighted by Gasteiger charge is -2.27. The standard InChI is InChI=1S/C76H65N3.C6H6/c1-4-17-74-54-77(74)67-48-42-60(43-49-67)57-28-36-64(37-29-57)75(63-34-26-56(27-35-63)55(2)3)76(65-38-30-58(31-39-65)61-44-50-72(51-45-61)78(68-18-9-5-10-19-68)69-20-11-6-12-21-69)66-40-32-59(33-41-66)62-46-52-73(53-47-62)79(70-22-13-7-14-23-70)71-24-15-8-16-25-71;1-2-4-6-5-3-1/h4-7,9-15,17-48,50-55,67H,8,16,49H2,1-3H3;1-6H/b17-4-,76-75+;. The minimum Gasteiger partial charge on any atom is -0.337 e. The molecule has 0 N–H and O–H groups in total. The van der Waals surface area contributed by atoms with E-state index in [2.05, 4.69) is 327 Å². The Labute approximate surface area is 503 Å². The van der Waals surface area contributed by atoms with E-state index in [9.17, 15) is 0 Å². The Bertz CT molecular complexity index is 3970. The van der Waals surface area contributed by atoms with Crippen molar-refractivity contribution >= 4 is 45.2 Å². The van der Waals surface area contributed by atoms with Gasteiger partial charge in [0.2, 0.25) is 0 Å². The van der Waals surface area contributed by atoms with Crippen LogP contribution in [0, 0.1) is 0 Å². The quantitative estimate of drug-likeness (QED) is 0.0893. The van der Waals surface area contributed by atoms with Gasteiger partial charge in [0.15, 0.2) is 0 Å². The Morgan fingerprint density at radius 2 is 0.800 bits per heavy atom. The van der Waals surface area contributed by atoms with Crippen molar-refractivity contribution in [2.45, 2.75) is 52.0 Å². The van der Waals surface area contributed by atoms with Crippen molar-refractivity contribution in [3.8, 4) is 22.3 Å². The number of allylic oxidation sites excluding steroid dienone is 7. The predicted molar refractivity (Wildman–Crippen MR) is 362 cm³/mol. The van der Waals surface area contributed by atoms with Crippen molar-refractivity contribution < 1.29 is 0 Å². The van der Waals surface area contributed by atoms with Crippen LogP contribution in [0.5, 0.6) is 0 Å². The molecular weight excluding hydrogens is 1030 g/mol. The van der Waals surface area contributed by atoms with Crippen molar-refractivity contribution in [3.63, 3.8) is 0 Å². The zero-order valence-electron chi connectivity index (χ0n) is 48.8. The first kappa shape index (κ1) is 55.3. The summed E-state index contributed by atoms with van der Waals surface area (Å²) >= 11 is 0. The van der Waals surface area contributed by atoms with Crippen molar-refractivity contribution in [2.24, 2.45) is 0 Å². The van der Waals surface area contributed by atoms with Crippen molar-refractivity contribution in [1.29, 1.82) is 0 Å². The van der Waals surface area contributed by atoms with Crippen LogP contribution in [0.25, 0.3) is 39.0 Å². The highest BCUT2D eigenvalue weighted by molar-refractivity contribution is 6.05. The van der Waals surface area contributed by atoms with Gasteiger partial charge in [0.05, 0.1) is 11.7 Å². The van der Waals surface area contributed by atoms with E-state index in [1.54, 1.807) is 0 Å². The molecule has 1 heterocycles. The number of hydrogen-bond donors (Lipinski definition) is 0. The van der Waals surface area contributed by atoms with E-state index in [0.29, 0.717) is 12.0 Å². The molecule has 1 aliphatic heterocycles. The molecule has 13 rings (SSSR count). The molecule has 0 bridgehead atoms. The minimum atomic E-state index is 0.369. The molecule has 3 heteroatoms. The van der Waals surface area contributed by atoms with Crippen LogP contribution in [-0.4, -0.2) is 10.9 Å². The number of rotatable bonds is 16. The second-order valence-corrected chi connectivity index (χ2v) is 22.1. The van der Waals surface area contributed by atoms with Crippen LogP contribution in [0.1, 0.15) is 79.3 Å². The molecule has 0 saturated heterocycles. The summed E-state index contributed by atoms with van der Waals surface area (Å²) in [6.45, 7) is 6.61. The summed E-state index contributed by atoms with van der Waals surface area (Å²) in [7, 11) is 0. The fourth-order valence-corrected chi connectivity index (χ4v) is 11.5. The summed E-state index contributed by atoms with van der Waals surface area (Å²) in [5, 5.41) is 0. The van der Waals surface area contributed by atoms with E-state index >= 15 is 0 Å². The smallest absolute Gasteiger partial charge is 0.0574 e. The first-order valence-corrected chi connectivity index (χ1v) is 30.0. The topological polar surface area (TPSA) is 9.49 Å². The normalized spacial score (nSPS) is 14.6. The zero-order chi connectivity index (χ0) is 57.7. The van der Waals surface area contributed by atoms with E-state index < -0.39 is 0 Å². The molecular formula is C82H71N3. The molecule has 0 saturated carbocycles. The number of anilines is 5. The number of para-hydroxylation sites is 3. The van der Waals surface area contributed by atoms with Gasteiger partial charge in [-0.1, -0.05) is 263 Å². The van der Waals surface area contributed by atoms with Crippen molar-refractivity contribution in [3.05, 3.63) is 373 Å². The van der Waals surface area contributed by atoms with Crippen molar-refractivity contribution in [1.82, 2.24) is 4.90 Å². The van der Waals surface area contributed by atoms with Gasteiger partial charge in [-0.15, -0.1) is 0 Å². The number of nitrogens with zero attached hydrogens (tertiary/aromatic N) is 3. The molecule has 2 aliphatic carbocycles. The lowest BCUT2D eigenvalue weighted by Crippen LogP contribution is -2.17. The van der Waals surface area contributed by atoms with E-state index in [1.807, 2.05) is 36.4 Å². The van der Waals surface area contributed by atoms with E-state index in [1.165, 1.54) is 61.5 Å². The minimum absolute atomic E-state index is 0.369. The SMILES string of the molecule is C/C=C\C1=CN1C1C=CC(c2ccc(/C(=C(/c3ccc(-c4ccc(N(C5=CCCC=C5)c5ccccc5)cc4)cc3)c3ccc(-c4ccc(N(c5ccccc5)c5ccccc5)cc4)cc3)c3ccc(C(C)C)cc3)cc2)=CC1.c1ccccc1. The molecule has 1 atom stereocenters. The monoisotopic (exact) mass is 1100 g/mol. The molecule has 3 aliphatic rings. The Morgan fingerprint density at radius 3 is 1.20 bits per heavy atom. The number of benzene rings is 10. The maximum absolute atomic E-state index is 2.39. The molecule has 414 valence electrons. The highest BCUT2D eigenvalue weighted by Gasteiger charge is 2.26. The third-order valence-electron chi connectivity index (χ3n) is 16.1. The molecule has 0 spiro atoms. The van der Waals surface area contributed by atoms with Gasteiger partial charge in [0.25, 0.3) is 0 Å². The summed E-state index contributed by atoms with van der Waals surface area (Å²) < 4.78 is 0. The average Bonchev–Trinajstić information content (AvgIpc) is 4.25. The highest BCUT2D eigenvalue weighted by Crippen LogP contribution is 2.42. The molecule has 3 nitrogen and oxygen atoms in total. The highest BCUT2D eigenvalue weighted by atomic mass is 15.2. The third-order valence-corrected chi connectivity index (χ3v) is 16.1. The fourth-order valence-electron chi connectivity index (χ4n) is 11.5. The molecule has 0 fully saturated rings. The Balaban J connectivity index is 0.00000111. The molecule has 1 unspecified atom stereocenters. The van der Waals surface area contributed by atoms with E-state index in [-0.39, 0.29) is 0 Å². The first-order valence-electron chi connectivity index (χ1n) is 30.0. The lowest BCUT2D eigenvalue weighted by atomic mass is 9.84. The van der Waals surface area contributed by atoms with Crippen LogP contribution in [0.2, 0.25) is 0 Å². The van der Waals surface area contributed by atoms with Gasteiger partial charge in [-0.2, -0.15) is 0 Å². The molecule has 0 aromatic heterocycles. The summed E-state index contributed by atoms with van der Waals surface area (Å²) in [4.78, 5) is 7.03. The van der Waals surface area contributed by atoms with Crippen LogP contribution in [0.15, 0.2) is 339 Å². The van der Waals surface area contributed by atoms with Crippen LogP contribution < -0.4 is 9.80 Å². The van der Waals surface area contributed by atoms with Crippen LogP contribution in [0.3, 0.4) is 0 Å². The van der Waals surface area contributed by atoms with Crippen LogP contribution in [0.4, 0.5) is 28.4 Å². The number of hydrogen-bond acceptors (Lipinski definition) is 3. The van der Waals surface area contributed by atoms with Crippen molar-refractivity contribution in [2.75, 3.05) is 9.80 Å². The van der Waals surface area contributed by atoms with E-state index in [0.717, 1.165) is 70.0 Å². The first-order chi connectivity index (χ1) is 42.0. The average molecular weight is 1100 g/mol. The van der Waals surface area contributed by atoms with Gasteiger partial charge in [0.1, 0.15) is 0 Å². The Hall–Kier alpha value is -10.2. The summed E-state index contributed by atoms with van der Waals surface area (Å²) in [6, 6.07) is 99.2. The molecule has 10 aromatic rings. The van der Waals surface area contributed by atoms with Gasteiger partial charge < -0.3 is 14.7 Å². The summed E-state index contributed by atoms with van der Waals surface area (Å²) in [5.74, 6) is 0.421. The lowest BCUT2D eigenvalue weighted by molar-refractivity contribution is 0.492. The molecule has 0 amide bonds. The maximum Gasteiger partial charge on any atom is 0.0574 e. The predicted octanol–water partition coefficient (Wildman–Crippen LogP) is 22.1. The maximum atomic E-state index is 2.39. The third kappa shape index (κ3) is 13.0. The summed E-state index contributed by atoms with van der Waals surface area (Å²) in [6.07, 6.45) is 23.5. The second kappa shape index (κ2) is 26.4. The van der Waals surface area contributed by atoms with Gasteiger partial charge >= 0.3 is 0 Å². The largest absolute Gasteiger partial charge is 0.337 e. The summed E-state index contributed by atoms with van der Waals surface area (Å²) in [5.41, 5.74) is 23.7. The Kier molecular flexibility index (Phi) is 17.2.